The Morgan fingerprint density at radius 2 is 1.71 bits per heavy atom. The largest absolute Gasteiger partial charge is 0.205 e. The van der Waals surface area contributed by atoms with Gasteiger partial charge in [-0.3, -0.25) is 0 Å². The molecule has 1 aromatic heterocycles. The van der Waals surface area contributed by atoms with Gasteiger partial charge in [0.05, 0.1) is 0 Å². The highest BCUT2D eigenvalue weighted by Crippen LogP contribution is 2.05. The lowest BCUT2D eigenvalue weighted by Crippen LogP contribution is -2.30. The Bertz CT molecular complexity index is 238. The van der Waals surface area contributed by atoms with Gasteiger partial charge >= 0.3 is 0 Å². The van der Waals surface area contributed by atoms with E-state index in [4.69, 9.17) is 0 Å². The number of unbranched alkanes of at least 4 members (excludes halogenated alkanes) is 3. The Balaban J connectivity index is 2.29. The maximum atomic E-state index is 2.26. The summed E-state index contributed by atoms with van der Waals surface area (Å²) in [6.07, 6.45) is 11.0. The van der Waals surface area contributed by atoms with Crippen LogP contribution in [0.1, 0.15) is 45.1 Å². The average molecular weight is 192 g/mol. The number of hydrogen-bond donors (Lipinski definition) is 0. The molecule has 0 radical (unpaired) electrons. The second kappa shape index (κ2) is 6.58. The lowest BCUT2D eigenvalue weighted by molar-refractivity contribution is -0.693. The Morgan fingerprint density at radius 3 is 2.29 bits per heavy atom. The molecular formula is C13H22N+. The lowest BCUT2D eigenvalue weighted by Gasteiger charge is -1.99. The van der Waals surface area contributed by atoms with E-state index in [-0.39, 0.29) is 0 Å². The molecule has 0 saturated heterocycles. The first kappa shape index (κ1) is 11.2. The molecule has 0 aliphatic rings. The second-order valence-corrected chi connectivity index (χ2v) is 3.85. The van der Waals surface area contributed by atoms with Crippen LogP contribution in [0.15, 0.2) is 24.5 Å². The minimum Gasteiger partial charge on any atom is -0.205 e. The third-order valence-corrected chi connectivity index (χ3v) is 2.64. The molecule has 0 aromatic carbocycles. The SMILES string of the molecule is CCCCCCc1cc[n+](CC)cc1. The zero-order valence-electron chi connectivity index (χ0n) is 9.50. The molecule has 0 N–H and O–H groups in total. The van der Waals surface area contributed by atoms with Crippen LogP contribution in [0.3, 0.4) is 0 Å². The molecule has 0 aliphatic carbocycles. The summed E-state index contributed by atoms with van der Waals surface area (Å²) in [5, 5.41) is 0. The maximum absolute atomic E-state index is 2.26. The molecule has 1 heterocycles. The number of pyridine rings is 1. The van der Waals surface area contributed by atoms with Crippen LogP contribution in [0.5, 0.6) is 0 Å². The first-order chi connectivity index (χ1) is 6.86. The summed E-state index contributed by atoms with van der Waals surface area (Å²) in [7, 11) is 0. The number of nitrogens with zero attached hydrogens (tertiary/aromatic N) is 1. The summed E-state index contributed by atoms with van der Waals surface area (Å²) < 4.78 is 2.20. The molecular weight excluding hydrogens is 170 g/mol. The molecule has 0 unspecified atom stereocenters. The quantitative estimate of drug-likeness (QED) is 0.481. The van der Waals surface area contributed by atoms with Crippen LogP contribution in [0, 0.1) is 0 Å². The van der Waals surface area contributed by atoms with Crippen molar-refractivity contribution in [3.8, 4) is 0 Å². The van der Waals surface area contributed by atoms with E-state index >= 15 is 0 Å². The second-order valence-electron chi connectivity index (χ2n) is 3.85. The van der Waals surface area contributed by atoms with Crippen LogP contribution in [0.25, 0.3) is 0 Å². The summed E-state index contributed by atoms with van der Waals surface area (Å²) in [5.41, 5.74) is 1.48. The fourth-order valence-electron chi connectivity index (χ4n) is 1.62. The Labute approximate surface area is 87.8 Å². The molecule has 0 atom stereocenters. The van der Waals surface area contributed by atoms with Crippen molar-refractivity contribution in [2.75, 3.05) is 0 Å². The zero-order valence-corrected chi connectivity index (χ0v) is 9.50. The van der Waals surface area contributed by atoms with Crippen molar-refractivity contribution < 1.29 is 4.57 Å². The van der Waals surface area contributed by atoms with Gasteiger partial charge in [-0.15, -0.1) is 0 Å². The van der Waals surface area contributed by atoms with E-state index in [0.29, 0.717) is 0 Å². The molecule has 1 heteroatoms. The standard InChI is InChI=1S/C13H22N/c1-3-5-6-7-8-13-9-11-14(4-2)12-10-13/h9-12H,3-8H2,1-2H3/q+1. The van der Waals surface area contributed by atoms with E-state index in [1.54, 1.807) is 0 Å². The van der Waals surface area contributed by atoms with Gasteiger partial charge in [0.2, 0.25) is 0 Å². The Hall–Kier alpha value is -0.850. The van der Waals surface area contributed by atoms with Crippen molar-refractivity contribution in [1.29, 1.82) is 0 Å². The van der Waals surface area contributed by atoms with Crippen LogP contribution in [-0.2, 0) is 13.0 Å². The van der Waals surface area contributed by atoms with Gasteiger partial charge in [-0.05, 0) is 25.3 Å². The third kappa shape index (κ3) is 3.91. The van der Waals surface area contributed by atoms with Crippen molar-refractivity contribution in [1.82, 2.24) is 0 Å². The lowest BCUT2D eigenvalue weighted by atomic mass is 10.1. The molecule has 14 heavy (non-hydrogen) atoms. The van der Waals surface area contributed by atoms with E-state index in [1.165, 1.54) is 37.7 Å². The number of hydrogen-bond acceptors (Lipinski definition) is 0. The summed E-state index contributed by atoms with van der Waals surface area (Å²) in [6.45, 7) is 5.49. The van der Waals surface area contributed by atoms with Crippen LogP contribution in [0.2, 0.25) is 0 Å². The zero-order chi connectivity index (χ0) is 10.2. The molecule has 0 bridgehead atoms. The van der Waals surface area contributed by atoms with E-state index < -0.39 is 0 Å². The molecule has 1 nitrogen and oxygen atoms in total. The summed E-state index contributed by atoms with van der Waals surface area (Å²) in [5.74, 6) is 0. The fraction of sp³-hybridized carbons (Fsp3) is 0.615. The minimum atomic E-state index is 1.07. The molecule has 1 aromatic rings. The Morgan fingerprint density at radius 1 is 1.00 bits per heavy atom. The third-order valence-electron chi connectivity index (χ3n) is 2.64. The van der Waals surface area contributed by atoms with Crippen LogP contribution in [0.4, 0.5) is 0 Å². The van der Waals surface area contributed by atoms with Gasteiger partial charge in [0.25, 0.3) is 0 Å². The normalized spacial score (nSPS) is 10.4. The summed E-state index contributed by atoms with van der Waals surface area (Å²) in [4.78, 5) is 0. The monoisotopic (exact) mass is 192 g/mol. The van der Waals surface area contributed by atoms with Crippen LogP contribution in [-0.4, -0.2) is 0 Å². The highest BCUT2D eigenvalue weighted by molar-refractivity contribution is 5.06. The predicted octanol–water partition coefficient (Wildman–Crippen LogP) is 3.12. The molecule has 0 saturated carbocycles. The smallest absolute Gasteiger partial charge is 0.169 e. The molecule has 0 amide bonds. The minimum absolute atomic E-state index is 1.07. The van der Waals surface area contributed by atoms with E-state index in [0.717, 1.165) is 6.54 Å². The van der Waals surface area contributed by atoms with Gasteiger partial charge in [-0.25, -0.2) is 4.57 Å². The molecule has 0 aliphatic heterocycles. The first-order valence-corrected chi connectivity index (χ1v) is 5.84. The Kier molecular flexibility index (Phi) is 5.28. The average Bonchev–Trinajstić information content (AvgIpc) is 2.25. The highest BCUT2D eigenvalue weighted by atomic mass is 14.9. The summed E-state index contributed by atoms with van der Waals surface area (Å²) >= 11 is 0. The van der Waals surface area contributed by atoms with Gasteiger partial charge in [0.15, 0.2) is 12.4 Å². The van der Waals surface area contributed by atoms with Gasteiger partial charge in [-0.2, -0.15) is 0 Å². The van der Waals surface area contributed by atoms with Gasteiger partial charge < -0.3 is 0 Å². The number of rotatable bonds is 6. The van der Waals surface area contributed by atoms with Crippen molar-refractivity contribution in [2.24, 2.45) is 0 Å². The molecule has 0 spiro atoms. The van der Waals surface area contributed by atoms with Gasteiger partial charge in [0, 0.05) is 12.1 Å². The van der Waals surface area contributed by atoms with Gasteiger partial charge in [-0.1, -0.05) is 26.2 Å². The van der Waals surface area contributed by atoms with Crippen LogP contribution < -0.4 is 4.57 Å². The van der Waals surface area contributed by atoms with E-state index in [1.807, 2.05) is 0 Å². The van der Waals surface area contributed by atoms with Crippen molar-refractivity contribution in [2.45, 2.75) is 52.5 Å². The van der Waals surface area contributed by atoms with Crippen LogP contribution >= 0.6 is 0 Å². The van der Waals surface area contributed by atoms with Crippen molar-refractivity contribution >= 4 is 0 Å². The molecule has 0 fully saturated rings. The molecule has 1 rings (SSSR count). The first-order valence-electron chi connectivity index (χ1n) is 5.84. The van der Waals surface area contributed by atoms with Crippen molar-refractivity contribution in [3.63, 3.8) is 0 Å². The topological polar surface area (TPSA) is 3.88 Å². The highest BCUT2D eigenvalue weighted by Gasteiger charge is 1.97. The number of aromatic nitrogens is 1. The van der Waals surface area contributed by atoms with Crippen molar-refractivity contribution in [3.05, 3.63) is 30.1 Å². The van der Waals surface area contributed by atoms with E-state index in [2.05, 4.69) is 42.9 Å². The van der Waals surface area contributed by atoms with Gasteiger partial charge in [0.1, 0.15) is 6.54 Å². The fourth-order valence-corrected chi connectivity index (χ4v) is 1.62. The van der Waals surface area contributed by atoms with E-state index in [9.17, 15) is 0 Å². The summed E-state index contributed by atoms with van der Waals surface area (Å²) in [6, 6.07) is 4.49. The molecule has 78 valence electrons. The predicted molar refractivity (Wildman–Crippen MR) is 60.2 cm³/mol. The maximum Gasteiger partial charge on any atom is 0.169 e. The number of aryl methyl sites for hydroxylation is 2.